The van der Waals surface area contributed by atoms with Gasteiger partial charge in [-0.25, -0.2) is 9.97 Å². The SMILES string of the molecule is N=C(N)c1cc(Sc2ncccc2Cl)nc2ccccc12. The maximum Gasteiger partial charge on any atom is 0.123 e. The van der Waals surface area contributed by atoms with Gasteiger partial charge in [0, 0.05) is 17.1 Å². The molecule has 0 saturated heterocycles. The lowest BCUT2D eigenvalue weighted by Crippen LogP contribution is -2.12. The molecule has 0 unspecified atom stereocenters. The molecule has 0 aliphatic heterocycles. The van der Waals surface area contributed by atoms with Crippen LogP contribution in [0.3, 0.4) is 0 Å². The molecule has 0 spiro atoms. The fraction of sp³-hybridized carbons (Fsp3) is 0. The molecule has 3 rings (SSSR count). The standard InChI is InChI=1S/C15H11ClN4S/c16-11-5-3-7-19-15(11)21-13-8-10(14(17)18)9-4-1-2-6-12(9)20-13/h1-8H,(H3,17,18). The van der Waals surface area contributed by atoms with Gasteiger partial charge in [-0.05, 0) is 36.0 Å². The van der Waals surface area contributed by atoms with E-state index in [1.54, 1.807) is 24.4 Å². The number of para-hydroxylation sites is 1. The quantitative estimate of drug-likeness (QED) is 0.570. The van der Waals surface area contributed by atoms with E-state index in [9.17, 15) is 0 Å². The first-order chi connectivity index (χ1) is 10.1. The minimum absolute atomic E-state index is 0.0163. The highest BCUT2D eigenvalue weighted by molar-refractivity contribution is 7.99. The Labute approximate surface area is 130 Å². The maximum atomic E-state index is 7.74. The summed E-state index contributed by atoms with van der Waals surface area (Å²) in [6.45, 7) is 0. The first kappa shape index (κ1) is 13.9. The third-order valence-corrected chi connectivity index (χ3v) is 4.26. The zero-order valence-electron chi connectivity index (χ0n) is 10.9. The predicted octanol–water partition coefficient (Wildman–Crippen LogP) is 3.72. The summed E-state index contributed by atoms with van der Waals surface area (Å²) in [5, 5.41) is 10.6. The molecule has 0 aliphatic carbocycles. The number of hydrogen-bond acceptors (Lipinski definition) is 4. The number of aromatic nitrogens is 2. The monoisotopic (exact) mass is 314 g/mol. The number of hydrogen-bond donors (Lipinski definition) is 2. The van der Waals surface area contributed by atoms with Crippen LogP contribution in [0.4, 0.5) is 0 Å². The lowest BCUT2D eigenvalue weighted by Gasteiger charge is -2.08. The van der Waals surface area contributed by atoms with E-state index in [-0.39, 0.29) is 5.84 Å². The van der Waals surface area contributed by atoms with Crippen LogP contribution in [0.2, 0.25) is 5.02 Å². The van der Waals surface area contributed by atoms with Crippen LogP contribution in [0.25, 0.3) is 10.9 Å². The van der Waals surface area contributed by atoms with Crippen molar-refractivity contribution in [1.82, 2.24) is 9.97 Å². The molecule has 4 nitrogen and oxygen atoms in total. The van der Waals surface area contributed by atoms with E-state index < -0.39 is 0 Å². The van der Waals surface area contributed by atoms with Crippen molar-refractivity contribution in [2.75, 3.05) is 0 Å². The van der Waals surface area contributed by atoms with Crippen LogP contribution in [0, 0.1) is 5.41 Å². The number of halogens is 1. The highest BCUT2D eigenvalue weighted by Crippen LogP contribution is 2.32. The van der Waals surface area contributed by atoms with Crippen molar-refractivity contribution in [2.45, 2.75) is 10.1 Å². The molecule has 0 saturated carbocycles. The number of fused-ring (bicyclic) bond motifs is 1. The number of rotatable bonds is 3. The smallest absolute Gasteiger partial charge is 0.123 e. The molecule has 2 aromatic heterocycles. The summed E-state index contributed by atoms with van der Waals surface area (Å²) < 4.78 is 0. The summed E-state index contributed by atoms with van der Waals surface area (Å²) in [7, 11) is 0. The van der Waals surface area contributed by atoms with Gasteiger partial charge in [-0.2, -0.15) is 0 Å². The number of nitrogen functional groups attached to an aromatic ring is 1. The van der Waals surface area contributed by atoms with Crippen molar-refractivity contribution in [2.24, 2.45) is 5.73 Å². The minimum atomic E-state index is 0.0163. The summed E-state index contributed by atoms with van der Waals surface area (Å²) in [5.74, 6) is 0.0163. The normalized spacial score (nSPS) is 10.7. The van der Waals surface area contributed by atoms with E-state index in [1.807, 2.05) is 24.3 Å². The van der Waals surface area contributed by atoms with E-state index in [2.05, 4.69) is 9.97 Å². The Morgan fingerprint density at radius 3 is 2.76 bits per heavy atom. The van der Waals surface area contributed by atoms with Crippen molar-refractivity contribution in [3.8, 4) is 0 Å². The molecule has 0 atom stereocenters. The molecule has 1 aromatic carbocycles. The summed E-state index contributed by atoms with van der Waals surface area (Å²) in [4.78, 5) is 8.80. The third-order valence-electron chi connectivity index (χ3n) is 2.91. The molecule has 21 heavy (non-hydrogen) atoms. The Balaban J connectivity index is 2.11. The molecule has 6 heteroatoms. The Morgan fingerprint density at radius 1 is 1.19 bits per heavy atom. The molecule has 0 fully saturated rings. The zero-order valence-corrected chi connectivity index (χ0v) is 12.4. The van der Waals surface area contributed by atoms with Gasteiger partial charge in [0.1, 0.15) is 15.9 Å². The summed E-state index contributed by atoms with van der Waals surface area (Å²) >= 11 is 7.47. The molecule has 3 aromatic rings. The number of nitrogens with one attached hydrogen (secondary N) is 1. The second kappa shape index (κ2) is 5.71. The lowest BCUT2D eigenvalue weighted by molar-refractivity contribution is 1.11. The predicted molar refractivity (Wildman–Crippen MR) is 86.1 cm³/mol. The van der Waals surface area contributed by atoms with Crippen LogP contribution in [-0.2, 0) is 0 Å². The summed E-state index contributed by atoms with van der Waals surface area (Å²) in [6, 6.07) is 13.0. The van der Waals surface area contributed by atoms with Gasteiger partial charge in [0.05, 0.1) is 10.5 Å². The van der Waals surface area contributed by atoms with Crippen LogP contribution in [-0.4, -0.2) is 15.8 Å². The van der Waals surface area contributed by atoms with Crippen molar-refractivity contribution in [1.29, 1.82) is 5.41 Å². The largest absolute Gasteiger partial charge is 0.384 e. The van der Waals surface area contributed by atoms with Gasteiger partial charge < -0.3 is 5.73 Å². The molecule has 0 bridgehead atoms. The van der Waals surface area contributed by atoms with Crippen LogP contribution in [0.5, 0.6) is 0 Å². The molecule has 3 N–H and O–H groups in total. The fourth-order valence-electron chi connectivity index (χ4n) is 1.97. The van der Waals surface area contributed by atoms with Gasteiger partial charge in [0.15, 0.2) is 0 Å². The zero-order chi connectivity index (χ0) is 14.8. The van der Waals surface area contributed by atoms with Crippen molar-refractivity contribution in [3.05, 3.63) is 59.2 Å². The molecule has 0 aliphatic rings. The molecular weight excluding hydrogens is 304 g/mol. The average Bonchev–Trinajstić information content (AvgIpc) is 2.48. The first-order valence-corrected chi connectivity index (χ1v) is 7.37. The maximum absolute atomic E-state index is 7.74. The molecule has 104 valence electrons. The van der Waals surface area contributed by atoms with E-state index in [0.717, 1.165) is 10.9 Å². The Hall–Kier alpha value is -2.11. The minimum Gasteiger partial charge on any atom is -0.384 e. The highest BCUT2D eigenvalue weighted by Gasteiger charge is 2.10. The number of benzene rings is 1. The molecule has 0 amide bonds. The number of nitrogens with two attached hydrogens (primary N) is 1. The molecular formula is C15H11ClN4S. The van der Waals surface area contributed by atoms with Crippen molar-refractivity contribution < 1.29 is 0 Å². The highest BCUT2D eigenvalue weighted by atomic mass is 35.5. The van der Waals surface area contributed by atoms with Gasteiger partial charge >= 0.3 is 0 Å². The van der Waals surface area contributed by atoms with Crippen LogP contribution in [0.1, 0.15) is 5.56 Å². The average molecular weight is 315 g/mol. The fourth-order valence-corrected chi connectivity index (χ4v) is 3.01. The Kier molecular flexibility index (Phi) is 3.77. The van der Waals surface area contributed by atoms with E-state index in [1.165, 1.54) is 11.8 Å². The van der Waals surface area contributed by atoms with E-state index >= 15 is 0 Å². The topological polar surface area (TPSA) is 75.7 Å². The Morgan fingerprint density at radius 2 is 2.00 bits per heavy atom. The van der Waals surface area contributed by atoms with Crippen LogP contribution in [0.15, 0.2) is 58.7 Å². The van der Waals surface area contributed by atoms with Gasteiger partial charge in [0.2, 0.25) is 0 Å². The van der Waals surface area contributed by atoms with E-state index in [0.29, 0.717) is 20.6 Å². The van der Waals surface area contributed by atoms with E-state index in [4.69, 9.17) is 22.7 Å². The second-order valence-corrected chi connectivity index (χ2v) is 5.75. The van der Waals surface area contributed by atoms with Crippen molar-refractivity contribution >= 4 is 40.1 Å². The van der Waals surface area contributed by atoms with Crippen LogP contribution < -0.4 is 5.73 Å². The number of nitrogens with zero attached hydrogens (tertiary/aromatic N) is 2. The first-order valence-electron chi connectivity index (χ1n) is 6.17. The van der Waals surface area contributed by atoms with Gasteiger partial charge in [0.25, 0.3) is 0 Å². The lowest BCUT2D eigenvalue weighted by atomic mass is 10.1. The Bertz CT molecular complexity index is 835. The van der Waals surface area contributed by atoms with Gasteiger partial charge in [-0.15, -0.1) is 0 Å². The van der Waals surface area contributed by atoms with Crippen molar-refractivity contribution in [3.63, 3.8) is 0 Å². The third kappa shape index (κ3) is 2.84. The van der Waals surface area contributed by atoms with Gasteiger partial charge in [-0.3, -0.25) is 5.41 Å². The molecule has 2 heterocycles. The van der Waals surface area contributed by atoms with Gasteiger partial charge in [-0.1, -0.05) is 29.8 Å². The number of amidine groups is 1. The summed E-state index contributed by atoms with van der Waals surface area (Å²) in [6.07, 6.45) is 1.68. The number of pyridine rings is 2. The molecule has 0 radical (unpaired) electrons. The van der Waals surface area contributed by atoms with Crippen LogP contribution >= 0.6 is 23.4 Å². The summed E-state index contributed by atoms with van der Waals surface area (Å²) in [5.41, 5.74) is 7.13. The second-order valence-electron chi connectivity index (χ2n) is 4.33.